The lowest BCUT2D eigenvalue weighted by molar-refractivity contribution is -0.185. The molecule has 4 nitrogen and oxygen atoms in total. The zero-order valence-electron chi connectivity index (χ0n) is 17.6. The first-order chi connectivity index (χ1) is 13.6. The number of allylic oxidation sites excluding steroid dienone is 4. The summed E-state index contributed by atoms with van der Waals surface area (Å²) >= 11 is 0. The molecule has 0 spiro atoms. The summed E-state index contributed by atoms with van der Waals surface area (Å²) in [5.74, 6) is -0.0727. The van der Waals surface area contributed by atoms with E-state index in [-0.39, 0.29) is 52.4 Å². The molecule has 3 saturated carbocycles. The van der Waals surface area contributed by atoms with Crippen LogP contribution in [0.3, 0.4) is 0 Å². The molecule has 0 unspecified atom stereocenters. The molecule has 0 aliphatic heterocycles. The summed E-state index contributed by atoms with van der Waals surface area (Å²) in [6.07, 6.45) is 7.02. The lowest BCUT2D eigenvalue weighted by atomic mass is 9.47. The van der Waals surface area contributed by atoms with Crippen molar-refractivity contribution in [3.05, 3.63) is 23.6 Å². The van der Waals surface area contributed by atoms with E-state index in [9.17, 15) is 14.4 Å². The molecule has 5 aliphatic rings. The molecule has 0 bridgehead atoms. The van der Waals surface area contributed by atoms with Gasteiger partial charge in [-0.2, -0.15) is 0 Å². The molecule has 0 N–H and O–H groups in total. The maximum atomic E-state index is 15.3. The summed E-state index contributed by atoms with van der Waals surface area (Å²) in [6.45, 7) is 7.10. The normalized spacial score (nSPS) is 49.7. The maximum absolute atomic E-state index is 15.3. The summed E-state index contributed by atoms with van der Waals surface area (Å²) in [5, 5.41) is 0. The highest BCUT2D eigenvalue weighted by Crippen LogP contribution is 2.72. The van der Waals surface area contributed by atoms with Gasteiger partial charge in [0.25, 0.3) is 0 Å². The Hall–Kier alpha value is -1.78. The summed E-state index contributed by atoms with van der Waals surface area (Å²) in [6, 6.07) is 0. The number of hydrogen-bond donors (Lipinski definition) is 0. The van der Waals surface area contributed by atoms with Gasteiger partial charge in [0.1, 0.15) is 5.83 Å². The number of carbonyl (C=O) groups excluding carboxylic acids is 3. The van der Waals surface area contributed by atoms with Gasteiger partial charge in [0.05, 0.1) is 0 Å². The van der Waals surface area contributed by atoms with Gasteiger partial charge in [-0.25, -0.2) is 4.39 Å². The second-order valence-electron chi connectivity index (χ2n) is 10.5. The number of hydrogen-bond acceptors (Lipinski definition) is 4. The minimum absolute atomic E-state index is 0.00198. The SMILES string of the molecule is CC(=O)O[C@]1(C(C)=O)CC[C@H]2[C@@H]3C=C(F)C4=CC(=O)[C@H]5C[C@H]5[C@@]4(C)[C@@H]3CC[C@@]21C. The van der Waals surface area contributed by atoms with E-state index in [1.54, 1.807) is 12.2 Å². The van der Waals surface area contributed by atoms with E-state index in [1.807, 2.05) is 0 Å². The number of ketones is 2. The van der Waals surface area contributed by atoms with Crippen LogP contribution in [0.1, 0.15) is 59.8 Å². The summed E-state index contributed by atoms with van der Waals surface area (Å²) in [5.41, 5.74) is -1.32. The predicted octanol–water partition coefficient (Wildman–Crippen LogP) is 4.34. The van der Waals surface area contributed by atoms with Gasteiger partial charge in [0, 0.05) is 23.7 Å². The molecule has 0 aromatic heterocycles. The summed E-state index contributed by atoms with van der Waals surface area (Å²) in [4.78, 5) is 36.9. The quantitative estimate of drug-likeness (QED) is 0.647. The van der Waals surface area contributed by atoms with Crippen LogP contribution in [0.25, 0.3) is 0 Å². The summed E-state index contributed by atoms with van der Waals surface area (Å²) in [7, 11) is 0. The molecule has 3 fully saturated rings. The van der Waals surface area contributed by atoms with Crippen molar-refractivity contribution in [1.29, 1.82) is 0 Å². The van der Waals surface area contributed by atoms with E-state index >= 15 is 4.39 Å². The lowest BCUT2D eigenvalue weighted by Gasteiger charge is -2.57. The molecule has 5 rings (SSSR count). The Bertz CT molecular complexity index is 903. The largest absolute Gasteiger partial charge is 0.451 e. The first-order valence-electron chi connectivity index (χ1n) is 10.9. The van der Waals surface area contributed by atoms with Crippen molar-refractivity contribution in [2.45, 2.75) is 65.4 Å². The standard InChI is InChI=1S/C24H29FO4/c1-12(26)24(29-13(2)27)8-6-16-14-10-20(25)19-11-21(28)15-9-18(15)23(19,4)17(14)5-7-22(16,24)3/h10-11,14-18H,5-9H2,1-4H3/t14-,15-,16-,17+,18+,22-,23+,24-/m0/s1. The number of esters is 1. The van der Waals surface area contributed by atoms with Gasteiger partial charge in [-0.3, -0.25) is 14.4 Å². The molecule has 0 radical (unpaired) electrons. The fraction of sp³-hybridized carbons (Fsp3) is 0.708. The first-order valence-corrected chi connectivity index (χ1v) is 10.9. The molecule has 5 heteroatoms. The van der Waals surface area contributed by atoms with Crippen molar-refractivity contribution in [3.8, 4) is 0 Å². The molecule has 5 aliphatic carbocycles. The molecule has 8 atom stereocenters. The topological polar surface area (TPSA) is 60.4 Å². The van der Waals surface area contributed by atoms with Crippen LogP contribution >= 0.6 is 0 Å². The van der Waals surface area contributed by atoms with Crippen LogP contribution < -0.4 is 0 Å². The van der Waals surface area contributed by atoms with Gasteiger partial charge in [-0.1, -0.05) is 13.8 Å². The fourth-order valence-electron chi connectivity index (χ4n) is 8.03. The Morgan fingerprint density at radius 3 is 2.45 bits per heavy atom. The monoisotopic (exact) mass is 400 g/mol. The Morgan fingerprint density at radius 1 is 1.10 bits per heavy atom. The van der Waals surface area contributed by atoms with Gasteiger partial charge in [0.2, 0.25) is 0 Å². The maximum Gasteiger partial charge on any atom is 0.303 e. The van der Waals surface area contributed by atoms with Crippen molar-refractivity contribution < 1.29 is 23.5 Å². The highest BCUT2D eigenvalue weighted by Gasteiger charge is 2.70. The zero-order chi connectivity index (χ0) is 20.9. The molecule has 0 amide bonds. The van der Waals surface area contributed by atoms with Crippen molar-refractivity contribution >= 4 is 17.5 Å². The van der Waals surface area contributed by atoms with Crippen molar-refractivity contribution in [1.82, 2.24) is 0 Å². The van der Waals surface area contributed by atoms with Gasteiger partial charge in [0.15, 0.2) is 17.2 Å². The smallest absolute Gasteiger partial charge is 0.303 e. The highest BCUT2D eigenvalue weighted by molar-refractivity contribution is 5.97. The molecule has 0 aromatic rings. The van der Waals surface area contributed by atoms with Crippen LogP contribution in [0.4, 0.5) is 4.39 Å². The average Bonchev–Trinajstić information content (AvgIpc) is 3.39. The van der Waals surface area contributed by atoms with Crippen LogP contribution in [0.2, 0.25) is 0 Å². The Kier molecular flexibility index (Phi) is 3.76. The Labute approximate surface area is 170 Å². The number of rotatable bonds is 2. The van der Waals surface area contributed by atoms with E-state index < -0.39 is 17.0 Å². The molecular weight excluding hydrogens is 371 g/mol. The fourth-order valence-corrected chi connectivity index (χ4v) is 8.03. The molecule has 29 heavy (non-hydrogen) atoms. The van der Waals surface area contributed by atoms with Crippen molar-refractivity contribution in [2.24, 2.45) is 40.4 Å². The minimum atomic E-state index is -1.11. The van der Waals surface area contributed by atoms with Crippen LogP contribution in [0, 0.1) is 40.4 Å². The molecule has 0 aromatic carbocycles. The number of carbonyl (C=O) groups is 3. The van der Waals surface area contributed by atoms with Crippen LogP contribution in [-0.2, 0) is 19.1 Å². The Morgan fingerprint density at radius 2 is 1.79 bits per heavy atom. The second kappa shape index (κ2) is 5.67. The Balaban J connectivity index is 1.60. The zero-order valence-corrected chi connectivity index (χ0v) is 17.6. The van der Waals surface area contributed by atoms with Crippen molar-refractivity contribution in [2.75, 3.05) is 0 Å². The van der Waals surface area contributed by atoms with Gasteiger partial charge in [-0.05, 0) is 80.4 Å². The van der Waals surface area contributed by atoms with Crippen LogP contribution in [0.5, 0.6) is 0 Å². The second-order valence-corrected chi connectivity index (χ2v) is 10.5. The first kappa shape index (κ1) is 19.2. The van der Waals surface area contributed by atoms with Crippen LogP contribution in [-0.4, -0.2) is 23.1 Å². The van der Waals surface area contributed by atoms with Gasteiger partial charge < -0.3 is 4.74 Å². The third-order valence-electron chi connectivity index (χ3n) is 9.50. The van der Waals surface area contributed by atoms with Crippen molar-refractivity contribution in [3.63, 3.8) is 0 Å². The number of halogens is 1. The van der Waals surface area contributed by atoms with Crippen LogP contribution in [0.15, 0.2) is 23.6 Å². The van der Waals surface area contributed by atoms with E-state index in [0.717, 1.165) is 25.7 Å². The minimum Gasteiger partial charge on any atom is -0.451 e. The predicted molar refractivity (Wildman–Crippen MR) is 104 cm³/mol. The summed E-state index contributed by atoms with van der Waals surface area (Å²) < 4.78 is 21.1. The number of ether oxygens (including phenoxy) is 1. The van der Waals surface area contributed by atoms with E-state index in [0.29, 0.717) is 12.0 Å². The van der Waals surface area contributed by atoms with Gasteiger partial charge in [-0.15, -0.1) is 0 Å². The van der Waals surface area contributed by atoms with E-state index in [4.69, 9.17) is 4.74 Å². The third kappa shape index (κ3) is 2.17. The average molecular weight is 400 g/mol. The van der Waals surface area contributed by atoms with E-state index in [1.165, 1.54) is 13.8 Å². The van der Waals surface area contributed by atoms with E-state index in [2.05, 4.69) is 13.8 Å². The molecule has 156 valence electrons. The highest BCUT2D eigenvalue weighted by atomic mass is 19.1. The number of fused-ring (bicyclic) bond motifs is 7. The number of Topliss-reactive ketones (excluding diaryl/α,β-unsaturated/α-hetero) is 1. The molecular formula is C24H29FO4. The molecule has 0 saturated heterocycles. The molecule has 0 heterocycles. The van der Waals surface area contributed by atoms with Gasteiger partial charge >= 0.3 is 5.97 Å². The third-order valence-corrected chi connectivity index (χ3v) is 9.50. The lowest BCUT2D eigenvalue weighted by Crippen LogP contribution is -2.58.